The van der Waals surface area contributed by atoms with Crippen LogP contribution in [-0.4, -0.2) is 59.3 Å². The number of ether oxygens (including phenoxy) is 2. The standard InChI is InChI=1S/C29H37ClN2O7/c1-14(2)18-11-10-16(4)29(36)20(18)12-15(3)24(37-17(5)33)25(29)38-26(34)22-13-28(35)19-8-7-9-21(30)23(19)32(6)39-27(28)31-22/h7-9,12,16,18,20,22,24-25,27,31,35-36H,1,10-11,13H2,2-6H3/t16-,18+,20-,22+,24+,25+,27-,28-,29-/m1/s1. The minimum Gasteiger partial charge on any atom is -0.454 e. The molecule has 3 N–H and O–H groups in total. The molecular weight excluding hydrogens is 524 g/mol. The molecule has 2 heterocycles. The van der Waals surface area contributed by atoms with E-state index in [1.54, 1.807) is 25.2 Å². The van der Waals surface area contributed by atoms with Gasteiger partial charge in [0, 0.05) is 31.9 Å². The second kappa shape index (κ2) is 9.89. The van der Waals surface area contributed by atoms with Gasteiger partial charge in [0.1, 0.15) is 17.2 Å². The van der Waals surface area contributed by atoms with Crippen LogP contribution in [0.3, 0.4) is 0 Å². The van der Waals surface area contributed by atoms with Gasteiger partial charge in [0.05, 0.1) is 10.7 Å². The van der Waals surface area contributed by atoms with Gasteiger partial charge >= 0.3 is 11.9 Å². The molecule has 0 amide bonds. The van der Waals surface area contributed by atoms with E-state index in [-0.39, 0.29) is 24.2 Å². The molecule has 0 aromatic heterocycles. The van der Waals surface area contributed by atoms with Gasteiger partial charge in [-0.15, -0.1) is 0 Å². The van der Waals surface area contributed by atoms with Gasteiger partial charge in [-0.1, -0.05) is 48.9 Å². The lowest BCUT2D eigenvalue weighted by molar-refractivity contribution is -0.221. The van der Waals surface area contributed by atoms with Crippen LogP contribution < -0.4 is 10.4 Å². The van der Waals surface area contributed by atoms with Gasteiger partial charge < -0.3 is 19.7 Å². The van der Waals surface area contributed by atoms with Crippen molar-refractivity contribution in [2.24, 2.45) is 17.8 Å². The van der Waals surface area contributed by atoms with E-state index in [4.69, 9.17) is 25.9 Å². The Kier molecular flexibility index (Phi) is 7.13. The minimum atomic E-state index is -1.54. The molecule has 9 nitrogen and oxygen atoms in total. The highest BCUT2D eigenvalue weighted by atomic mass is 35.5. The lowest BCUT2D eigenvalue weighted by Gasteiger charge is -2.55. The van der Waals surface area contributed by atoms with Crippen molar-refractivity contribution in [3.8, 4) is 0 Å². The molecule has 9 atom stereocenters. The normalized spacial score (nSPS) is 39.1. The van der Waals surface area contributed by atoms with Crippen molar-refractivity contribution in [2.75, 3.05) is 12.1 Å². The fraction of sp³-hybridized carbons (Fsp3) is 0.586. The van der Waals surface area contributed by atoms with Crippen molar-refractivity contribution in [1.29, 1.82) is 0 Å². The van der Waals surface area contributed by atoms with E-state index in [0.29, 0.717) is 28.3 Å². The van der Waals surface area contributed by atoms with Crippen LogP contribution in [0, 0.1) is 17.8 Å². The van der Waals surface area contributed by atoms with Gasteiger partial charge in [-0.25, -0.2) is 0 Å². The maximum atomic E-state index is 13.8. The van der Waals surface area contributed by atoms with Crippen LogP contribution in [0.1, 0.15) is 52.5 Å². The number of fused-ring (bicyclic) bond motifs is 4. The zero-order valence-corrected chi connectivity index (χ0v) is 23.7. The van der Waals surface area contributed by atoms with Gasteiger partial charge in [0.2, 0.25) is 0 Å². The number of hydrogen-bond donors (Lipinski definition) is 3. The Labute approximate surface area is 233 Å². The summed E-state index contributed by atoms with van der Waals surface area (Å²) in [5, 5.41) is 28.9. The van der Waals surface area contributed by atoms with Crippen molar-refractivity contribution in [3.05, 3.63) is 52.6 Å². The Morgan fingerprint density at radius 3 is 2.62 bits per heavy atom. The average molecular weight is 561 g/mol. The third-order valence-corrected chi connectivity index (χ3v) is 9.38. The molecule has 1 saturated carbocycles. The number of carbonyl (C=O) groups is 2. The number of carbonyl (C=O) groups excluding carboxylic acids is 2. The van der Waals surface area contributed by atoms with Crippen molar-refractivity contribution < 1.29 is 34.1 Å². The smallest absolute Gasteiger partial charge is 0.323 e. The molecule has 1 aromatic carbocycles. The first kappa shape index (κ1) is 28.1. The molecule has 0 spiro atoms. The van der Waals surface area contributed by atoms with Gasteiger partial charge in [-0.3, -0.25) is 24.8 Å². The molecule has 2 fully saturated rings. The predicted octanol–water partition coefficient (Wildman–Crippen LogP) is 3.37. The number of para-hydroxylation sites is 1. The van der Waals surface area contributed by atoms with Crippen LogP contribution in [0.4, 0.5) is 5.69 Å². The number of hydroxylamine groups is 1. The summed E-state index contributed by atoms with van der Waals surface area (Å²) in [5.74, 6) is -1.84. The predicted molar refractivity (Wildman–Crippen MR) is 144 cm³/mol. The highest BCUT2D eigenvalue weighted by Gasteiger charge is 2.61. The van der Waals surface area contributed by atoms with E-state index in [9.17, 15) is 19.8 Å². The third-order valence-electron chi connectivity index (χ3n) is 9.08. The van der Waals surface area contributed by atoms with Crippen molar-refractivity contribution in [2.45, 2.75) is 82.6 Å². The van der Waals surface area contributed by atoms with E-state index in [1.807, 2.05) is 26.8 Å². The molecule has 2 aliphatic carbocycles. The van der Waals surface area contributed by atoms with Crippen LogP contribution in [0.2, 0.25) is 5.02 Å². The van der Waals surface area contributed by atoms with E-state index in [1.165, 1.54) is 12.0 Å². The Bertz CT molecular complexity index is 1240. The monoisotopic (exact) mass is 560 g/mol. The number of allylic oxidation sites excluding steroid dienone is 1. The second-order valence-corrected chi connectivity index (χ2v) is 12.0. The maximum absolute atomic E-state index is 13.8. The van der Waals surface area contributed by atoms with E-state index >= 15 is 0 Å². The lowest BCUT2D eigenvalue weighted by Crippen LogP contribution is -2.66. The summed E-state index contributed by atoms with van der Waals surface area (Å²) in [7, 11) is 1.68. The molecule has 212 valence electrons. The number of rotatable bonds is 4. The van der Waals surface area contributed by atoms with Crippen molar-refractivity contribution in [3.63, 3.8) is 0 Å². The minimum absolute atomic E-state index is 0.0148. The topological polar surface area (TPSA) is 118 Å². The van der Waals surface area contributed by atoms with Gasteiger partial charge in [0.25, 0.3) is 0 Å². The fourth-order valence-electron chi connectivity index (χ4n) is 7.03. The third kappa shape index (κ3) is 4.39. The first-order chi connectivity index (χ1) is 18.3. The SMILES string of the molecule is C=C(C)[C@@H]1CC[C@@H](C)[C@@]2(O)[C@@H]1C=C(C)[C@H](OC(C)=O)[C@@H]2OC(=O)[C@@H]1C[C@@]2(O)c3cccc(Cl)c3N(C)O[C@H]2N1. The maximum Gasteiger partial charge on any atom is 0.323 e. The molecule has 39 heavy (non-hydrogen) atoms. The van der Waals surface area contributed by atoms with Gasteiger partial charge in [0.15, 0.2) is 18.4 Å². The average Bonchev–Trinajstić information content (AvgIpc) is 3.20. The molecular formula is C29H37ClN2O7. The largest absolute Gasteiger partial charge is 0.454 e. The molecule has 4 aliphatic rings. The summed E-state index contributed by atoms with van der Waals surface area (Å²) in [5.41, 5.74) is -0.330. The molecule has 2 aliphatic heterocycles. The van der Waals surface area contributed by atoms with Gasteiger partial charge in [-0.2, -0.15) is 0 Å². The van der Waals surface area contributed by atoms with Crippen LogP contribution in [0.15, 0.2) is 42.0 Å². The number of nitrogens with zero attached hydrogens (tertiary/aromatic N) is 1. The highest BCUT2D eigenvalue weighted by molar-refractivity contribution is 6.33. The quantitative estimate of drug-likeness (QED) is 0.376. The van der Waals surface area contributed by atoms with Crippen molar-refractivity contribution in [1.82, 2.24) is 5.32 Å². The Morgan fingerprint density at radius 2 is 1.95 bits per heavy atom. The summed E-state index contributed by atoms with van der Waals surface area (Å²) in [6.07, 6.45) is 0.418. The van der Waals surface area contributed by atoms with Crippen LogP contribution in [0.25, 0.3) is 0 Å². The summed E-state index contributed by atoms with van der Waals surface area (Å²) >= 11 is 6.39. The lowest BCUT2D eigenvalue weighted by atomic mass is 9.56. The Morgan fingerprint density at radius 1 is 1.23 bits per heavy atom. The zero-order chi connectivity index (χ0) is 28.4. The molecule has 1 saturated heterocycles. The van der Waals surface area contributed by atoms with Gasteiger partial charge in [-0.05, 0) is 50.2 Å². The van der Waals surface area contributed by atoms with E-state index in [2.05, 4.69) is 11.9 Å². The summed E-state index contributed by atoms with van der Waals surface area (Å²) in [4.78, 5) is 31.7. The van der Waals surface area contributed by atoms with Crippen LogP contribution >= 0.6 is 11.6 Å². The number of esters is 2. The fourth-order valence-corrected chi connectivity index (χ4v) is 7.33. The molecule has 0 unspecified atom stereocenters. The first-order valence-corrected chi connectivity index (χ1v) is 13.8. The van der Waals surface area contributed by atoms with Crippen molar-refractivity contribution >= 4 is 29.2 Å². The molecule has 0 radical (unpaired) electrons. The summed E-state index contributed by atoms with van der Waals surface area (Å²) in [6.45, 7) is 11.1. The zero-order valence-electron chi connectivity index (χ0n) is 22.9. The molecule has 5 rings (SSSR count). The summed E-state index contributed by atoms with van der Waals surface area (Å²) in [6, 6.07) is 4.23. The number of benzene rings is 1. The molecule has 10 heteroatoms. The first-order valence-electron chi connectivity index (χ1n) is 13.4. The highest BCUT2D eigenvalue weighted by Crippen LogP contribution is 2.53. The number of hydrogen-bond acceptors (Lipinski definition) is 9. The van der Waals surface area contributed by atoms with Crippen LogP contribution in [0.5, 0.6) is 0 Å². The number of halogens is 1. The molecule has 1 aromatic rings. The second-order valence-electron chi connectivity index (χ2n) is 11.6. The number of anilines is 1. The number of nitrogens with one attached hydrogen (secondary N) is 1. The Balaban J connectivity index is 1.47. The molecule has 0 bridgehead atoms. The summed E-state index contributed by atoms with van der Waals surface area (Å²) < 4.78 is 11.8. The van der Waals surface area contributed by atoms with E-state index in [0.717, 1.165) is 12.0 Å². The van der Waals surface area contributed by atoms with E-state index < -0.39 is 47.6 Å². The van der Waals surface area contributed by atoms with Crippen LogP contribution in [-0.2, 0) is 29.5 Å². The number of aliphatic hydroxyl groups is 2. The Hall–Kier alpha value is -2.43.